The highest BCUT2D eigenvalue weighted by molar-refractivity contribution is 6.04. The number of nitriles is 1. The summed E-state index contributed by atoms with van der Waals surface area (Å²) < 4.78 is 5.21. The van der Waals surface area contributed by atoms with Crippen LogP contribution in [0.5, 0.6) is 5.75 Å². The van der Waals surface area contributed by atoms with Crippen LogP contribution in [0.4, 0.5) is 5.69 Å². The van der Waals surface area contributed by atoms with Crippen molar-refractivity contribution in [2.75, 3.05) is 11.9 Å². The Morgan fingerprint density at radius 3 is 2.80 bits per heavy atom. The molecule has 0 radical (unpaired) electrons. The van der Waals surface area contributed by atoms with Gasteiger partial charge in [-0.05, 0) is 18.2 Å². The SMILES string of the molecule is N#CCOc1ccccc1NC(=O)c1ccc(=O)[nH]c1. The lowest BCUT2D eigenvalue weighted by molar-refractivity contribution is 0.102. The Balaban J connectivity index is 2.17. The second-order valence-corrected chi connectivity index (χ2v) is 3.84. The monoisotopic (exact) mass is 269 g/mol. The topological polar surface area (TPSA) is 95.0 Å². The standard InChI is InChI=1S/C14H11N3O3/c15-7-8-20-12-4-2-1-3-11(12)17-14(19)10-5-6-13(18)16-9-10/h1-6,9H,8H2,(H,16,18)(H,17,19). The molecule has 0 saturated carbocycles. The van der Waals surface area contributed by atoms with Gasteiger partial charge in [-0.1, -0.05) is 12.1 Å². The first kappa shape index (κ1) is 13.4. The summed E-state index contributed by atoms with van der Waals surface area (Å²) >= 11 is 0. The molecule has 6 heteroatoms. The van der Waals surface area contributed by atoms with Crippen molar-refractivity contribution in [3.8, 4) is 11.8 Å². The molecule has 0 aliphatic heterocycles. The third-order valence-electron chi connectivity index (χ3n) is 2.47. The van der Waals surface area contributed by atoms with Crippen molar-refractivity contribution in [1.29, 1.82) is 5.26 Å². The van der Waals surface area contributed by atoms with E-state index in [1.165, 1.54) is 18.3 Å². The Morgan fingerprint density at radius 2 is 2.10 bits per heavy atom. The van der Waals surface area contributed by atoms with Crippen molar-refractivity contribution in [2.45, 2.75) is 0 Å². The van der Waals surface area contributed by atoms with Gasteiger partial charge in [-0.2, -0.15) is 5.26 Å². The van der Waals surface area contributed by atoms with Gasteiger partial charge in [0, 0.05) is 12.3 Å². The van der Waals surface area contributed by atoms with Crippen LogP contribution in [-0.2, 0) is 0 Å². The Hall–Kier alpha value is -3.07. The number of carbonyl (C=O) groups excluding carboxylic acids is 1. The fourth-order valence-electron chi connectivity index (χ4n) is 1.55. The zero-order valence-electron chi connectivity index (χ0n) is 10.4. The van der Waals surface area contributed by atoms with Crippen LogP contribution in [0.15, 0.2) is 47.4 Å². The number of pyridine rings is 1. The number of ether oxygens (including phenoxy) is 1. The van der Waals surface area contributed by atoms with Crippen molar-refractivity contribution in [3.63, 3.8) is 0 Å². The van der Waals surface area contributed by atoms with E-state index in [2.05, 4.69) is 10.3 Å². The number of nitrogens with zero attached hydrogens (tertiary/aromatic N) is 1. The summed E-state index contributed by atoms with van der Waals surface area (Å²) in [5.41, 5.74) is 0.498. The smallest absolute Gasteiger partial charge is 0.257 e. The molecule has 0 saturated heterocycles. The van der Waals surface area contributed by atoms with E-state index < -0.39 is 0 Å². The first-order valence-electron chi connectivity index (χ1n) is 5.79. The molecule has 2 N–H and O–H groups in total. The molecule has 0 atom stereocenters. The molecule has 2 rings (SSSR count). The zero-order chi connectivity index (χ0) is 14.4. The number of anilines is 1. The largest absolute Gasteiger partial charge is 0.477 e. The molecule has 0 aliphatic rings. The van der Waals surface area contributed by atoms with Crippen molar-refractivity contribution in [3.05, 3.63) is 58.5 Å². The van der Waals surface area contributed by atoms with Gasteiger partial charge in [0.15, 0.2) is 6.61 Å². The van der Waals surface area contributed by atoms with E-state index in [1.807, 2.05) is 6.07 Å². The van der Waals surface area contributed by atoms with Gasteiger partial charge in [-0.25, -0.2) is 0 Å². The molecular formula is C14H11N3O3. The molecule has 100 valence electrons. The number of benzene rings is 1. The van der Waals surface area contributed by atoms with Gasteiger partial charge < -0.3 is 15.0 Å². The average Bonchev–Trinajstić information content (AvgIpc) is 2.47. The second-order valence-electron chi connectivity index (χ2n) is 3.84. The van der Waals surface area contributed by atoms with Crippen LogP contribution in [0.1, 0.15) is 10.4 Å². The third kappa shape index (κ3) is 3.23. The molecule has 1 aromatic carbocycles. The molecular weight excluding hydrogens is 258 g/mol. The van der Waals surface area contributed by atoms with E-state index in [0.717, 1.165) is 0 Å². The Labute approximate surface area is 114 Å². The van der Waals surface area contributed by atoms with Gasteiger partial charge in [0.25, 0.3) is 5.91 Å². The molecule has 0 unspecified atom stereocenters. The summed E-state index contributed by atoms with van der Waals surface area (Å²) in [6.07, 6.45) is 1.33. The van der Waals surface area contributed by atoms with Crippen molar-refractivity contribution < 1.29 is 9.53 Å². The number of H-pyrrole nitrogens is 1. The second kappa shape index (κ2) is 6.20. The van der Waals surface area contributed by atoms with Crippen LogP contribution >= 0.6 is 0 Å². The lowest BCUT2D eigenvalue weighted by Gasteiger charge is -2.10. The predicted octanol–water partition coefficient (Wildman–Crippen LogP) is 1.53. The van der Waals surface area contributed by atoms with Crippen molar-refractivity contribution in [2.24, 2.45) is 0 Å². The lowest BCUT2D eigenvalue weighted by Crippen LogP contribution is -2.15. The molecule has 0 bridgehead atoms. The first-order chi connectivity index (χ1) is 9.70. The summed E-state index contributed by atoms with van der Waals surface area (Å²) in [6.45, 7) is -0.106. The van der Waals surface area contributed by atoms with Crippen LogP contribution in [0.25, 0.3) is 0 Å². The van der Waals surface area contributed by atoms with Gasteiger partial charge in [0.2, 0.25) is 5.56 Å². The molecule has 6 nitrogen and oxygen atoms in total. The maximum atomic E-state index is 12.0. The minimum Gasteiger partial charge on any atom is -0.477 e. The molecule has 2 aromatic rings. The number of aromatic amines is 1. The molecule has 0 aliphatic carbocycles. The minimum absolute atomic E-state index is 0.106. The highest BCUT2D eigenvalue weighted by atomic mass is 16.5. The third-order valence-corrected chi connectivity index (χ3v) is 2.47. The number of rotatable bonds is 4. The summed E-state index contributed by atoms with van der Waals surface area (Å²) in [5.74, 6) is 0.0288. The van der Waals surface area contributed by atoms with Crippen molar-refractivity contribution in [1.82, 2.24) is 4.98 Å². The van der Waals surface area contributed by atoms with Crippen LogP contribution in [0.3, 0.4) is 0 Å². The average molecular weight is 269 g/mol. The molecule has 1 amide bonds. The van der Waals surface area contributed by atoms with E-state index in [-0.39, 0.29) is 18.1 Å². The van der Waals surface area contributed by atoms with Gasteiger partial charge >= 0.3 is 0 Å². The first-order valence-corrected chi connectivity index (χ1v) is 5.79. The van der Waals surface area contributed by atoms with Gasteiger partial charge in [0.05, 0.1) is 11.3 Å². The molecule has 0 fully saturated rings. The van der Waals surface area contributed by atoms with E-state index in [9.17, 15) is 9.59 Å². The number of aromatic nitrogens is 1. The Kier molecular flexibility index (Phi) is 4.14. The minimum atomic E-state index is -0.380. The zero-order valence-corrected chi connectivity index (χ0v) is 10.4. The number of nitrogens with one attached hydrogen (secondary N) is 2. The van der Waals surface area contributed by atoms with Crippen LogP contribution in [-0.4, -0.2) is 17.5 Å². The van der Waals surface area contributed by atoms with Crippen LogP contribution in [0, 0.1) is 11.3 Å². The Morgan fingerprint density at radius 1 is 1.30 bits per heavy atom. The maximum Gasteiger partial charge on any atom is 0.257 e. The van der Waals surface area contributed by atoms with Gasteiger partial charge in [-0.3, -0.25) is 9.59 Å². The van der Waals surface area contributed by atoms with E-state index in [1.54, 1.807) is 24.3 Å². The fourth-order valence-corrected chi connectivity index (χ4v) is 1.55. The van der Waals surface area contributed by atoms with Crippen LogP contribution in [0.2, 0.25) is 0 Å². The van der Waals surface area contributed by atoms with E-state index >= 15 is 0 Å². The molecule has 1 aromatic heterocycles. The number of hydrogen-bond acceptors (Lipinski definition) is 4. The number of hydrogen-bond donors (Lipinski definition) is 2. The molecule has 20 heavy (non-hydrogen) atoms. The lowest BCUT2D eigenvalue weighted by atomic mass is 10.2. The number of carbonyl (C=O) groups is 1. The number of para-hydroxylation sites is 2. The normalized spacial score (nSPS) is 9.55. The maximum absolute atomic E-state index is 12.0. The molecule has 0 spiro atoms. The fraction of sp³-hybridized carbons (Fsp3) is 0.0714. The van der Waals surface area contributed by atoms with E-state index in [4.69, 9.17) is 10.00 Å². The quantitative estimate of drug-likeness (QED) is 0.879. The predicted molar refractivity (Wildman–Crippen MR) is 72.6 cm³/mol. The number of amides is 1. The van der Waals surface area contributed by atoms with Crippen LogP contribution < -0.4 is 15.6 Å². The summed E-state index contributed by atoms with van der Waals surface area (Å²) in [5, 5.41) is 11.2. The highest BCUT2D eigenvalue weighted by Gasteiger charge is 2.09. The van der Waals surface area contributed by atoms with Gasteiger partial charge in [-0.15, -0.1) is 0 Å². The Bertz CT molecular complexity index is 696. The van der Waals surface area contributed by atoms with Gasteiger partial charge in [0.1, 0.15) is 11.8 Å². The summed E-state index contributed by atoms with van der Waals surface area (Å²) in [7, 11) is 0. The molecule has 1 heterocycles. The highest BCUT2D eigenvalue weighted by Crippen LogP contribution is 2.24. The summed E-state index contributed by atoms with van der Waals surface area (Å²) in [6, 6.07) is 11.3. The summed E-state index contributed by atoms with van der Waals surface area (Å²) in [4.78, 5) is 25.4. The van der Waals surface area contributed by atoms with Crippen molar-refractivity contribution >= 4 is 11.6 Å². The van der Waals surface area contributed by atoms with E-state index in [0.29, 0.717) is 17.0 Å².